The van der Waals surface area contributed by atoms with Gasteiger partial charge in [0.2, 0.25) is 0 Å². The molecule has 9 heteroatoms. The van der Waals surface area contributed by atoms with Crippen LogP contribution in [0.5, 0.6) is 0 Å². The lowest BCUT2D eigenvalue weighted by Crippen LogP contribution is -2.63. The lowest BCUT2D eigenvalue weighted by atomic mass is 10.0. The molecule has 1 fully saturated rings. The second kappa shape index (κ2) is 7.47. The van der Waals surface area contributed by atoms with E-state index in [2.05, 4.69) is 21.2 Å². The summed E-state index contributed by atoms with van der Waals surface area (Å²) in [6.07, 6.45) is -0.0523. The molecule has 0 aromatic carbocycles. The summed E-state index contributed by atoms with van der Waals surface area (Å²) in [5, 5.41) is 12.3. The number of nitrogens with two attached hydrogens (primary N) is 1. The number of hydrogen-bond donors (Lipinski definition) is 4. The zero-order valence-electron chi connectivity index (χ0n) is 10.2. The van der Waals surface area contributed by atoms with E-state index in [1.54, 1.807) is 0 Å². The average Bonchev–Trinajstić information content (AvgIpc) is 2.34. The first kappa shape index (κ1) is 15.1. The third kappa shape index (κ3) is 4.37. The molecule has 8 nitrogen and oxygen atoms in total. The van der Waals surface area contributed by atoms with E-state index in [-0.39, 0.29) is 30.7 Å². The Morgan fingerprint density at radius 1 is 1.67 bits per heavy atom. The quantitative estimate of drug-likeness (QED) is 0.304. The minimum absolute atomic E-state index is 0.0506. The van der Waals surface area contributed by atoms with Gasteiger partial charge in [-0.05, 0) is 6.92 Å². The Morgan fingerprint density at radius 3 is 2.94 bits per heavy atom. The third-order valence-corrected chi connectivity index (χ3v) is 2.95. The predicted octanol–water partition coefficient (Wildman–Crippen LogP) is -0.642. The second-order valence-corrected chi connectivity index (χ2v) is 4.54. The maximum Gasteiger partial charge on any atom is 0.340 e. The first-order valence-corrected chi connectivity index (χ1v) is 6.31. The van der Waals surface area contributed by atoms with E-state index in [1.165, 1.54) is 0 Å². The van der Waals surface area contributed by atoms with Gasteiger partial charge in [0.05, 0.1) is 24.2 Å². The number of amides is 2. The Labute approximate surface area is 111 Å². The van der Waals surface area contributed by atoms with E-state index < -0.39 is 6.03 Å². The van der Waals surface area contributed by atoms with Gasteiger partial charge < -0.3 is 16.4 Å². The molecule has 1 aliphatic heterocycles. The number of halogens is 1. The summed E-state index contributed by atoms with van der Waals surface area (Å²) in [5.74, 6) is 0.206. The minimum Gasteiger partial charge on any atom is -0.336 e. The van der Waals surface area contributed by atoms with Crippen molar-refractivity contribution >= 4 is 17.6 Å². The van der Waals surface area contributed by atoms with Gasteiger partial charge in [0.25, 0.3) is 0 Å². The van der Waals surface area contributed by atoms with Gasteiger partial charge in [-0.25, -0.2) is 4.79 Å². The molecule has 1 rings (SSSR count). The predicted molar refractivity (Wildman–Crippen MR) is 68.7 cm³/mol. The summed E-state index contributed by atoms with van der Waals surface area (Å²) in [5.41, 5.74) is 5.90. The lowest BCUT2D eigenvalue weighted by molar-refractivity contribution is 0.191. The van der Waals surface area contributed by atoms with Crippen molar-refractivity contribution in [2.24, 2.45) is 16.9 Å². The van der Waals surface area contributed by atoms with E-state index in [0.717, 1.165) is 5.01 Å². The largest absolute Gasteiger partial charge is 0.340 e. The molecule has 2 amide bonds. The summed E-state index contributed by atoms with van der Waals surface area (Å²) in [6.45, 7) is 3.11. The van der Waals surface area contributed by atoms with Gasteiger partial charge in [-0.15, -0.1) is 16.5 Å². The molecule has 0 aromatic heterocycles. The molecule has 1 saturated heterocycles. The van der Waals surface area contributed by atoms with Crippen LogP contribution in [-0.2, 0) is 0 Å². The fraction of sp³-hybridized carbons (Fsp3) is 0.889. The van der Waals surface area contributed by atoms with Crippen molar-refractivity contribution in [2.45, 2.75) is 19.3 Å². The molecule has 3 atom stereocenters. The smallest absolute Gasteiger partial charge is 0.336 e. The van der Waals surface area contributed by atoms with Crippen LogP contribution < -0.4 is 21.7 Å². The van der Waals surface area contributed by atoms with Gasteiger partial charge in [0.1, 0.15) is 0 Å². The summed E-state index contributed by atoms with van der Waals surface area (Å²) in [4.78, 5) is 22.0. The normalized spacial score (nSPS) is 27.6. The summed E-state index contributed by atoms with van der Waals surface area (Å²) >= 11 is 5.45. The van der Waals surface area contributed by atoms with Crippen molar-refractivity contribution in [3.63, 3.8) is 0 Å². The fourth-order valence-corrected chi connectivity index (χ4v) is 1.87. The topological polar surface area (TPSA) is 112 Å². The molecule has 3 unspecified atom stereocenters. The van der Waals surface area contributed by atoms with Crippen LogP contribution in [0, 0.1) is 10.8 Å². The van der Waals surface area contributed by atoms with Crippen molar-refractivity contribution < 1.29 is 4.79 Å². The number of rotatable bonds is 5. The minimum atomic E-state index is -0.559. The van der Waals surface area contributed by atoms with Gasteiger partial charge in [-0.1, -0.05) is 0 Å². The highest BCUT2D eigenvalue weighted by Gasteiger charge is 2.25. The van der Waals surface area contributed by atoms with Crippen LogP contribution in [0.15, 0.2) is 5.29 Å². The number of nitrogens with zero attached hydrogens (tertiary/aromatic N) is 2. The number of hydrogen-bond acceptors (Lipinski definition) is 6. The highest BCUT2D eigenvalue weighted by molar-refractivity contribution is 6.18. The molecule has 18 heavy (non-hydrogen) atoms. The molecule has 0 saturated carbocycles. The van der Waals surface area contributed by atoms with E-state index in [9.17, 15) is 9.70 Å². The van der Waals surface area contributed by atoms with Crippen LogP contribution in [0.25, 0.3) is 0 Å². The van der Waals surface area contributed by atoms with Crippen LogP contribution in [0.2, 0.25) is 0 Å². The average molecular weight is 279 g/mol. The van der Waals surface area contributed by atoms with Gasteiger partial charge in [0.15, 0.2) is 0 Å². The Balaban J connectivity index is 2.35. The molecule has 0 spiro atoms. The Bertz CT molecular complexity index is 292. The number of urea groups is 1. The lowest BCUT2D eigenvalue weighted by Gasteiger charge is -2.34. The fourth-order valence-electron chi connectivity index (χ4n) is 1.71. The van der Waals surface area contributed by atoms with Crippen LogP contribution in [-0.4, -0.2) is 48.9 Å². The molecule has 0 aromatic rings. The van der Waals surface area contributed by atoms with Crippen LogP contribution in [0.1, 0.15) is 6.92 Å². The first-order chi connectivity index (χ1) is 8.58. The molecular formula is C9H19ClN6O2. The van der Waals surface area contributed by atoms with Gasteiger partial charge in [0, 0.05) is 24.9 Å². The van der Waals surface area contributed by atoms with Crippen molar-refractivity contribution in [3.05, 3.63) is 4.91 Å². The molecule has 5 N–H and O–H groups in total. The van der Waals surface area contributed by atoms with Gasteiger partial charge in [-0.3, -0.25) is 5.32 Å². The molecule has 1 heterocycles. The number of alkyl halides is 1. The van der Waals surface area contributed by atoms with Crippen LogP contribution >= 0.6 is 11.6 Å². The van der Waals surface area contributed by atoms with Crippen LogP contribution in [0.3, 0.4) is 0 Å². The zero-order chi connectivity index (χ0) is 13.5. The van der Waals surface area contributed by atoms with E-state index >= 15 is 0 Å². The standard InChI is InChI=1S/C9H19ClN6O2/c1-6-12-4-7(8(11)14-6)5-13-9(17)16(15-18)3-2-10/h6-8,12,14H,2-5,11H2,1H3,(H,13,17). The Morgan fingerprint density at radius 2 is 2.39 bits per heavy atom. The zero-order valence-corrected chi connectivity index (χ0v) is 11.0. The highest BCUT2D eigenvalue weighted by Crippen LogP contribution is 2.03. The van der Waals surface area contributed by atoms with Crippen LogP contribution in [0.4, 0.5) is 4.79 Å². The van der Waals surface area contributed by atoms with Gasteiger partial charge in [-0.2, -0.15) is 5.01 Å². The molecule has 1 aliphatic rings. The molecule has 0 radical (unpaired) electrons. The monoisotopic (exact) mass is 278 g/mol. The van der Waals surface area contributed by atoms with E-state index in [0.29, 0.717) is 13.1 Å². The number of nitroso groups, excluding NO2 is 1. The van der Waals surface area contributed by atoms with Crippen molar-refractivity contribution in [1.82, 2.24) is 21.0 Å². The maximum absolute atomic E-state index is 11.6. The maximum atomic E-state index is 11.6. The Kier molecular flexibility index (Phi) is 6.27. The molecular weight excluding hydrogens is 260 g/mol. The van der Waals surface area contributed by atoms with Crippen molar-refractivity contribution in [1.29, 1.82) is 0 Å². The highest BCUT2D eigenvalue weighted by atomic mass is 35.5. The summed E-state index contributed by atoms with van der Waals surface area (Å²) in [7, 11) is 0. The third-order valence-electron chi connectivity index (χ3n) is 2.78. The van der Waals surface area contributed by atoms with E-state index in [4.69, 9.17) is 17.3 Å². The van der Waals surface area contributed by atoms with E-state index in [1.807, 2.05) is 6.92 Å². The molecule has 104 valence electrons. The van der Waals surface area contributed by atoms with Crippen molar-refractivity contribution in [2.75, 3.05) is 25.5 Å². The first-order valence-electron chi connectivity index (χ1n) is 5.78. The summed E-state index contributed by atoms with van der Waals surface area (Å²) < 4.78 is 0. The Hall–Kier alpha value is -0.960. The summed E-state index contributed by atoms with van der Waals surface area (Å²) in [6, 6.07) is -0.559. The SMILES string of the molecule is CC1NCC(CNC(=O)N(CCCl)N=O)C(N)N1. The number of carbonyl (C=O) groups is 1. The molecule has 0 bridgehead atoms. The number of nitrogens with one attached hydrogen (secondary N) is 3. The van der Waals surface area contributed by atoms with Gasteiger partial charge >= 0.3 is 6.03 Å². The second-order valence-electron chi connectivity index (χ2n) is 4.16. The van der Waals surface area contributed by atoms with Crippen molar-refractivity contribution in [3.8, 4) is 0 Å². The number of carbonyl (C=O) groups excluding carboxylic acids is 1. The molecule has 0 aliphatic carbocycles.